The molecule has 0 radical (unpaired) electrons. The fourth-order valence-corrected chi connectivity index (χ4v) is 1.92. The zero-order valence-electron chi connectivity index (χ0n) is 11.8. The van der Waals surface area contributed by atoms with Crippen molar-refractivity contribution in [2.75, 3.05) is 14.2 Å². The lowest BCUT2D eigenvalue weighted by atomic mass is 10.0. The number of aryl methyl sites for hydroxylation is 1. The summed E-state index contributed by atoms with van der Waals surface area (Å²) in [4.78, 5) is 8.61. The first-order valence-corrected chi connectivity index (χ1v) is 6.16. The van der Waals surface area contributed by atoms with Gasteiger partial charge in [-0.2, -0.15) is 0 Å². The molecular weight excluding hydrogens is 256 g/mol. The van der Waals surface area contributed by atoms with Crippen LogP contribution in [0.15, 0.2) is 30.6 Å². The molecule has 1 heterocycles. The molecule has 0 fully saturated rings. The lowest BCUT2D eigenvalue weighted by molar-refractivity contribution is 0.393. The van der Waals surface area contributed by atoms with Gasteiger partial charge in [-0.05, 0) is 30.7 Å². The molecule has 1 aromatic carbocycles. The molecule has 106 valence electrons. The molecule has 0 spiro atoms. The minimum Gasteiger partial charge on any atom is -0.497 e. The van der Waals surface area contributed by atoms with Crippen molar-refractivity contribution in [1.82, 2.24) is 15.4 Å². The van der Waals surface area contributed by atoms with Crippen molar-refractivity contribution in [1.29, 1.82) is 0 Å². The van der Waals surface area contributed by atoms with E-state index in [9.17, 15) is 0 Å². The third kappa shape index (κ3) is 2.87. The molecule has 6 nitrogen and oxygen atoms in total. The molecule has 1 unspecified atom stereocenters. The van der Waals surface area contributed by atoms with Crippen molar-refractivity contribution < 1.29 is 9.47 Å². The van der Waals surface area contributed by atoms with Gasteiger partial charge in [-0.15, -0.1) is 0 Å². The first-order chi connectivity index (χ1) is 9.69. The molecule has 0 amide bonds. The SMILES string of the molecule is COc1ccc(OC)c(C(NN)c2ncc(C)cn2)c1. The van der Waals surface area contributed by atoms with Gasteiger partial charge in [0.1, 0.15) is 17.5 Å². The second kappa shape index (κ2) is 6.31. The molecule has 2 rings (SSSR count). The zero-order valence-corrected chi connectivity index (χ0v) is 11.8. The number of nitrogens with one attached hydrogen (secondary N) is 1. The summed E-state index contributed by atoms with van der Waals surface area (Å²) < 4.78 is 10.6. The minimum absolute atomic E-state index is 0.374. The largest absolute Gasteiger partial charge is 0.497 e. The number of nitrogens with zero attached hydrogens (tertiary/aromatic N) is 2. The second-order valence-corrected chi connectivity index (χ2v) is 4.33. The van der Waals surface area contributed by atoms with Gasteiger partial charge in [-0.3, -0.25) is 5.84 Å². The average molecular weight is 274 g/mol. The number of benzene rings is 1. The number of hydrogen-bond acceptors (Lipinski definition) is 6. The number of rotatable bonds is 5. The molecule has 6 heteroatoms. The van der Waals surface area contributed by atoms with Crippen molar-refractivity contribution in [3.05, 3.63) is 47.5 Å². The van der Waals surface area contributed by atoms with E-state index in [1.54, 1.807) is 26.6 Å². The van der Waals surface area contributed by atoms with Crippen molar-refractivity contribution in [2.24, 2.45) is 5.84 Å². The fraction of sp³-hybridized carbons (Fsp3) is 0.286. The van der Waals surface area contributed by atoms with Crippen molar-refractivity contribution in [2.45, 2.75) is 13.0 Å². The number of hydrogen-bond donors (Lipinski definition) is 2. The smallest absolute Gasteiger partial charge is 0.151 e. The number of methoxy groups -OCH3 is 2. The Bertz CT molecular complexity index is 572. The van der Waals surface area contributed by atoms with E-state index >= 15 is 0 Å². The van der Waals surface area contributed by atoms with Gasteiger partial charge in [0.2, 0.25) is 0 Å². The zero-order chi connectivity index (χ0) is 14.5. The van der Waals surface area contributed by atoms with Crippen LogP contribution in [0, 0.1) is 6.92 Å². The summed E-state index contributed by atoms with van der Waals surface area (Å²) in [5.74, 6) is 7.65. The van der Waals surface area contributed by atoms with Crippen molar-refractivity contribution >= 4 is 0 Å². The van der Waals surface area contributed by atoms with Gasteiger partial charge in [0.15, 0.2) is 5.82 Å². The monoisotopic (exact) mass is 274 g/mol. The second-order valence-electron chi connectivity index (χ2n) is 4.33. The van der Waals surface area contributed by atoms with Crippen LogP contribution in [0.4, 0.5) is 0 Å². The third-order valence-corrected chi connectivity index (χ3v) is 2.97. The van der Waals surface area contributed by atoms with Crippen LogP contribution < -0.4 is 20.7 Å². The highest BCUT2D eigenvalue weighted by Gasteiger charge is 2.20. The predicted molar refractivity (Wildman–Crippen MR) is 75.5 cm³/mol. The molecule has 1 atom stereocenters. The predicted octanol–water partition coefficient (Wildman–Crippen LogP) is 1.35. The molecule has 0 saturated heterocycles. The summed E-state index contributed by atoms with van der Waals surface area (Å²) in [7, 11) is 3.22. The molecule has 20 heavy (non-hydrogen) atoms. The first-order valence-electron chi connectivity index (χ1n) is 6.16. The minimum atomic E-state index is -0.374. The molecule has 1 aromatic heterocycles. The van der Waals surface area contributed by atoms with Gasteiger partial charge in [0, 0.05) is 18.0 Å². The molecule has 0 aliphatic heterocycles. The van der Waals surface area contributed by atoms with Crippen molar-refractivity contribution in [3.63, 3.8) is 0 Å². The van der Waals surface area contributed by atoms with Crippen LogP contribution in [0.1, 0.15) is 23.0 Å². The quantitative estimate of drug-likeness (QED) is 0.632. The van der Waals surface area contributed by atoms with Gasteiger partial charge >= 0.3 is 0 Å². The Balaban J connectivity index is 2.47. The molecule has 2 aromatic rings. The Kier molecular flexibility index (Phi) is 4.49. The maximum atomic E-state index is 5.66. The first kappa shape index (κ1) is 14.2. The topological polar surface area (TPSA) is 82.3 Å². The van der Waals surface area contributed by atoms with Crippen LogP contribution in [0.5, 0.6) is 11.5 Å². The Morgan fingerprint density at radius 1 is 1.15 bits per heavy atom. The van der Waals surface area contributed by atoms with Crippen LogP contribution in [0.2, 0.25) is 0 Å². The summed E-state index contributed by atoms with van der Waals surface area (Å²) in [5.41, 5.74) is 4.53. The molecule has 0 aliphatic rings. The average Bonchev–Trinajstić information content (AvgIpc) is 2.49. The maximum Gasteiger partial charge on any atom is 0.151 e. The van der Waals surface area contributed by atoms with Gasteiger partial charge in [-0.25, -0.2) is 15.4 Å². The van der Waals surface area contributed by atoms with Gasteiger partial charge in [-0.1, -0.05) is 0 Å². The van der Waals surface area contributed by atoms with E-state index in [-0.39, 0.29) is 6.04 Å². The summed E-state index contributed by atoms with van der Waals surface area (Å²) in [5, 5.41) is 0. The number of hydrazine groups is 1. The Morgan fingerprint density at radius 2 is 1.85 bits per heavy atom. The Hall–Kier alpha value is -2.18. The third-order valence-electron chi connectivity index (χ3n) is 2.97. The standard InChI is InChI=1S/C14H18N4O2/c1-9-7-16-14(17-8-9)13(18-15)11-6-10(19-2)4-5-12(11)20-3/h4-8,13,18H,15H2,1-3H3. The van der Waals surface area contributed by atoms with Crippen LogP contribution >= 0.6 is 0 Å². The highest BCUT2D eigenvalue weighted by atomic mass is 16.5. The van der Waals surface area contributed by atoms with E-state index in [4.69, 9.17) is 15.3 Å². The van der Waals surface area contributed by atoms with Crippen LogP contribution in [0.3, 0.4) is 0 Å². The van der Waals surface area contributed by atoms with E-state index < -0.39 is 0 Å². The van der Waals surface area contributed by atoms with E-state index in [0.29, 0.717) is 17.3 Å². The summed E-state index contributed by atoms with van der Waals surface area (Å²) in [6.45, 7) is 1.93. The summed E-state index contributed by atoms with van der Waals surface area (Å²) in [6.07, 6.45) is 3.50. The van der Waals surface area contributed by atoms with Gasteiger partial charge in [0.05, 0.1) is 14.2 Å². The van der Waals surface area contributed by atoms with Crippen LogP contribution in [-0.4, -0.2) is 24.2 Å². The summed E-state index contributed by atoms with van der Waals surface area (Å²) >= 11 is 0. The molecule has 3 N–H and O–H groups in total. The fourth-order valence-electron chi connectivity index (χ4n) is 1.92. The summed E-state index contributed by atoms with van der Waals surface area (Å²) in [6, 6.07) is 5.13. The highest BCUT2D eigenvalue weighted by Crippen LogP contribution is 2.31. The van der Waals surface area contributed by atoms with E-state index in [2.05, 4.69) is 15.4 Å². The lowest BCUT2D eigenvalue weighted by Crippen LogP contribution is -2.30. The number of nitrogens with two attached hydrogens (primary N) is 1. The van der Waals surface area contributed by atoms with Gasteiger partial charge < -0.3 is 9.47 Å². The van der Waals surface area contributed by atoms with E-state index in [1.165, 1.54) is 0 Å². The molecule has 0 bridgehead atoms. The number of aromatic nitrogens is 2. The normalized spacial score (nSPS) is 12.0. The van der Waals surface area contributed by atoms with Crippen LogP contribution in [0.25, 0.3) is 0 Å². The van der Waals surface area contributed by atoms with E-state index in [1.807, 2.05) is 25.1 Å². The lowest BCUT2D eigenvalue weighted by Gasteiger charge is -2.18. The van der Waals surface area contributed by atoms with Crippen molar-refractivity contribution in [3.8, 4) is 11.5 Å². The molecule has 0 aliphatic carbocycles. The number of ether oxygens (including phenoxy) is 2. The van der Waals surface area contributed by atoms with Crippen LogP contribution in [-0.2, 0) is 0 Å². The Labute approximate surface area is 117 Å². The highest BCUT2D eigenvalue weighted by molar-refractivity contribution is 5.44. The Morgan fingerprint density at radius 3 is 2.40 bits per heavy atom. The maximum absolute atomic E-state index is 5.66. The van der Waals surface area contributed by atoms with Gasteiger partial charge in [0.25, 0.3) is 0 Å². The molecule has 0 saturated carbocycles. The molecular formula is C14H18N4O2. The van der Waals surface area contributed by atoms with E-state index in [0.717, 1.165) is 11.1 Å².